The first kappa shape index (κ1) is 12.3. The van der Waals surface area contributed by atoms with Crippen molar-refractivity contribution in [1.82, 2.24) is 4.57 Å². The van der Waals surface area contributed by atoms with Crippen molar-refractivity contribution in [3.8, 4) is 0 Å². The molecule has 5 nitrogen and oxygen atoms in total. The van der Waals surface area contributed by atoms with E-state index in [1.165, 1.54) is 24.7 Å². The number of nitrogens with zero attached hydrogens (tertiary/aromatic N) is 1. The molecule has 1 heterocycles. The summed E-state index contributed by atoms with van der Waals surface area (Å²) in [5.41, 5.74) is 0.824. The van der Waals surface area contributed by atoms with Crippen LogP contribution >= 0.6 is 0 Å². The van der Waals surface area contributed by atoms with Gasteiger partial charge in [-0.1, -0.05) is 0 Å². The van der Waals surface area contributed by atoms with Crippen LogP contribution in [0.2, 0.25) is 0 Å². The zero-order valence-corrected chi connectivity index (χ0v) is 10.7. The number of carbonyl (C=O) groups excluding carboxylic acids is 2. The van der Waals surface area contributed by atoms with Gasteiger partial charge in [-0.05, 0) is 13.8 Å². The second-order valence-electron chi connectivity index (χ2n) is 4.23. The number of ketones is 2. The van der Waals surface area contributed by atoms with E-state index in [0.717, 1.165) is 0 Å². The van der Waals surface area contributed by atoms with Crippen LogP contribution in [0.4, 0.5) is 0 Å². The lowest BCUT2D eigenvalue weighted by Gasteiger charge is -2.20. The maximum atomic E-state index is 12.2. The smallest absolute Gasteiger partial charge is 0.251 e. The van der Waals surface area contributed by atoms with Crippen molar-refractivity contribution in [2.75, 3.05) is 7.11 Å². The van der Waals surface area contributed by atoms with E-state index in [1.54, 1.807) is 14.0 Å². The first-order chi connectivity index (χ1) is 8.40. The van der Waals surface area contributed by atoms with Crippen molar-refractivity contribution >= 4 is 11.6 Å². The highest BCUT2D eigenvalue weighted by Gasteiger charge is 2.33. The normalized spacial score (nSPS) is 14.9. The van der Waals surface area contributed by atoms with E-state index in [-0.39, 0.29) is 39.6 Å². The number of hydrogen-bond acceptors (Lipinski definition) is 4. The molecule has 0 bridgehead atoms. The van der Waals surface area contributed by atoms with E-state index in [0.29, 0.717) is 5.69 Å². The van der Waals surface area contributed by atoms with Crippen LogP contribution in [0.3, 0.4) is 0 Å². The molecule has 0 unspecified atom stereocenters. The van der Waals surface area contributed by atoms with E-state index < -0.39 is 0 Å². The molecule has 0 aromatic carbocycles. The lowest BCUT2D eigenvalue weighted by molar-refractivity contribution is 0.0904. The molecule has 0 saturated carbocycles. The van der Waals surface area contributed by atoms with Crippen LogP contribution in [-0.4, -0.2) is 23.2 Å². The highest BCUT2D eigenvalue weighted by Crippen LogP contribution is 2.27. The molecule has 0 saturated heterocycles. The molecule has 0 fully saturated rings. The molecule has 1 aliphatic rings. The summed E-state index contributed by atoms with van der Waals surface area (Å²) in [5, 5.41) is 0. The van der Waals surface area contributed by atoms with Gasteiger partial charge in [-0.2, -0.15) is 0 Å². The molecule has 18 heavy (non-hydrogen) atoms. The lowest BCUT2D eigenvalue weighted by atomic mass is 9.88. The fraction of sp³-hybridized carbons (Fsp3) is 0.308. The molecular weight excluding hydrogens is 234 g/mol. The third-order valence-electron chi connectivity index (χ3n) is 3.30. The Morgan fingerprint density at radius 3 is 2.28 bits per heavy atom. The van der Waals surface area contributed by atoms with Crippen LogP contribution in [0.15, 0.2) is 22.2 Å². The van der Waals surface area contributed by atoms with Gasteiger partial charge in [0.2, 0.25) is 5.78 Å². The molecule has 0 spiro atoms. The Kier molecular flexibility index (Phi) is 2.69. The summed E-state index contributed by atoms with van der Waals surface area (Å²) in [5.74, 6) is -0.630. The number of fused-ring (bicyclic) bond motifs is 1. The summed E-state index contributed by atoms with van der Waals surface area (Å²) in [4.78, 5) is 36.0. The summed E-state index contributed by atoms with van der Waals surface area (Å²) in [6.07, 6.45) is 0. The fourth-order valence-electron chi connectivity index (χ4n) is 2.12. The number of rotatable bonds is 1. The van der Waals surface area contributed by atoms with Crippen molar-refractivity contribution in [1.29, 1.82) is 0 Å². The van der Waals surface area contributed by atoms with Crippen LogP contribution in [0.5, 0.6) is 0 Å². The van der Waals surface area contributed by atoms with Gasteiger partial charge in [0.05, 0.1) is 12.7 Å². The molecule has 0 amide bonds. The molecule has 1 aromatic heterocycles. The molecule has 94 valence electrons. The molecule has 0 N–H and O–H groups in total. The third-order valence-corrected chi connectivity index (χ3v) is 3.30. The summed E-state index contributed by atoms with van der Waals surface area (Å²) >= 11 is 0. The van der Waals surface area contributed by atoms with E-state index in [2.05, 4.69) is 0 Å². The van der Waals surface area contributed by atoms with Gasteiger partial charge in [0.15, 0.2) is 11.5 Å². The second-order valence-corrected chi connectivity index (χ2v) is 4.23. The highest BCUT2D eigenvalue weighted by molar-refractivity contribution is 6.26. The van der Waals surface area contributed by atoms with Gasteiger partial charge in [-0.15, -0.1) is 0 Å². The Bertz CT molecular complexity index is 664. The minimum absolute atomic E-state index is 0.0502. The van der Waals surface area contributed by atoms with Crippen molar-refractivity contribution in [2.24, 2.45) is 7.05 Å². The van der Waals surface area contributed by atoms with E-state index >= 15 is 0 Å². The predicted molar refractivity (Wildman–Crippen MR) is 64.8 cm³/mol. The summed E-state index contributed by atoms with van der Waals surface area (Å²) < 4.78 is 6.34. The number of allylic oxidation sites excluding steroid dienone is 2. The van der Waals surface area contributed by atoms with E-state index in [1.807, 2.05) is 0 Å². The molecule has 0 atom stereocenters. The number of ether oxygens (including phenoxy) is 1. The average Bonchev–Trinajstić information content (AvgIpc) is 2.33. The fourth-order valence-corrected chi connectivity index (χ4v) is 2.12. The third kappa shape index (κ3) is 1.44. The van der Waals surface area contributed by atoms with Gasteiger partial charge < -0.3 is 9.30 Å². The van der Waals surface area contributed by atoms with Gasteiger partial charge in [0.25, 0.3) is 5.56 Å². The molecule has 1 aliphatic carbocycles. The van der Waals surface area contributed by atoms with Gasteiger partial charge in [0, 0.05) is 29.9 Å². The largest absolute Gasteiger partial charge is 0.492 e. The summed E-state index contributed by atoms with van der Waals surface area (Å²) in [6, 6.07) is 1.21. The Labute approximate surface area is 104 Å². The highest BCUT2D eigenvalue weighted by atomic mass is 16.5. The number of Topliss-reactive ketones (excluding diaryl/α,β-unsaturated/α-hetero) is 2. The van der Waals surface area contributed by atoms with Gasteiger partial charge in [-0.25, -0.2) is 0 Å². The number of hydrogen-bond donors (Lipinski definition) is 0. The van der Waals surface area contributed by atoms with Crippen molar-refractivity contribution < 1.29 is 14.3 Å². The summed E-state index contributed by atoms with van der Waals surface area (Å²) in [7, 11) is 2.92. The minimum Gasteiger partial charge on any atom is -0.492 e. The molecule has 0 aliphatic heterocycles. The van der Waals surface area contributed by atoms with E-state index in [4.69, 9.17) is 4.74 Å². The molecule has 2 rings (SSSR count). The van der Waals surface area contributed by atoms with Crippen LogP contribution in [0, 0.1) is 6.92 Å². The van der Waals surface area contributed by atoms with Gasteiger partial charge in [-0.3, -0.25) is 14.4 Å². The Balaban J connectivity index is 2.87. The quantitative estimate of drug-likeness (QED) is 0.742. The van der Waals surface area contributed by atoms with Crippen molar-refractivity contribution in [2.45, 2.75) is 13.8 Å². The maximum Gasteiger partial charge on any atom is 0.251 e. The number of methoxy groups -OCH3 is 1. The maximum absolute atomic E-state index is 12.2. The summed E-state index contributed by atoms with van der Waals surface area (Å²) in [6.45, 7) is 3.16. The molecular formula is C13H13NO4. The van der Waals surface area contributed by atoms with Crippen LogP contribution in [0.25, 0.3) is 0 Å². The molecule has 5 heteroatoms. The zero-order valence-electron chi connectivity index (χ0n) is 10.7. The van der Waals surface area contributed by atoms with Gasteiger partial charge in [0.1, 0.15) is 0 Å². The number of carbonyl (C=O) groups is 2. The number of aromatic nitrogens is 1. The van der Waals surface area contributed by atoms with E-state index in [9.17, 15) is 14.4 Å². The first-order valence-corrected chi connectivity index (χ1v) is 5.45. The Morgan fingerprint density at radius 1 is 1.11 bits per heavy atom. The zero-order chi connectivity index (χ0) is 13.6. The lowest BCUT2D eigenvalue weighted by Crippen LogP contribution is -2.30. The standard InChI is InChI=1S/C13H13NO4/c1-6-11(16)8-5-9(15)14(3)7(2)10(8)12(17)13(6)18-4/h5H,1-4H3. The Hall–Kier alpha value is -2.17. The van der Waals surface area contributed by atoms with Gasteiger partial charge >= 0.3 is 0 Å². The SMILES string of the molecule is COC1=C(C)C(=O)c2cc(=O)n(C)c(C)c2C1=O. The minimum atomic E-state index is -0.349. The second kappa shape index (κ2) is 3.94. The van der Waals surface area contributed by atoms with Crippen LogP contribution in [0.1, 0.15) is 33.3 Å². The molecule has 0 radical (unpaired) electrons. The van der Waals surface area contributed by atoms with Crippen molar-refractivity contribution in [3.05, 3.63) is 44.6 Å². The van der Waals surface area contributed by atoms with Crippen LogP contribution < -0.4 is 5.56 Å². The Morgan fingerprint density at radius 2 is 1.72 bits per heavy atom. The number of pyridine rings is 1. The monoisotopic (exact) mass is 247 g/mol. The average molecular weight is 247 g/mol. The molecule has 1 aromatic rings. The predicted octanol–water partition coefficient (Wildman–Crippen LogP) is 0.993. The first-order valence-electron chi connectivity index (χ1n) is 5.45. The topological polar surface area (TPSA) is 65.4 Å². The van der Waals surface area contributed by atoms with Crippen molar-refractivity contribution in [3.63, 3.8) is 0 Å². The van der Waals surface area contributed by atoms with Crippen LogP contribution in [-0.2, 0) is 11.8 Å².